The summed E-state index contributed by atoms with van der Waals surface area (Å²) in [5.41, 5.74) is 5.80. The maximum Gasteiger partial charge on any atom is 0.336 e. The van der Waals surface area contributed by atoms with Crippen LogP contribution in [0.25, 0.3) is 0 Å². The van der Waals surface area contributed by atoms with E-state index in [-0.39, 0.29) is 47.2 Å². The number of nitrogens with one attached hydrogen (secondary N) is 2. The van der Waals surface area contributed by atoms with Gasteiger partial charge in [0.15, 0.2) is 0 Å². The first-order valence-electron chi connectivity index (χ1n) is 7.91. The van der Waals surface area contributed by atoms with E-state index in [1.165, 1.54) is 18.2 Å². The van der Waals surface area contributed by atoms with Crippen molar-refractivity contribution in [2.45, 2.75) is 43.0 Å². The molecule has 8 nitrogen and oxygen atoms in total. The average molecular weight is 448 g/mol. The van der Waals surface area contributed by atoms with E-state index in [0.29, 0.717) is 0 Å². The molecule has 1 aromatic carbocycles. The van der Waals surface area contributed by atoms with Crippen LogP contribution in [-0.2, 0) is 24.5 Å². The highest BCUT2D eigenvalue weighted by Gasteiger charge is 2.21. The Bertz CT molecular complexity index is 797. The van der Waals surface area contributed by atoms with Crippen LogP contribution in [0.2, 0.25) is 5.02 Å². The summed E-state index contributed by atoms with van der Waals surface area (Å²) in [6, 6.07) is 3.80. The molecule has 0 atom stereocenters. The minimum atomic E-state index is -3.90. The van der Waals surface area contributed by atoms with Crippen molar-refractivity contribution in [3.05, 3.63) is 23.2 Å². The summed E-state index contributed by atoms with van der Waals surface area (Å²) in [6.45, 7) is -0.514. The fraction of sp³-hybridized carbons (Fsp3) is 0.571. The molecule has 0 amide bonds. The molecule has 150 valence electrons. The second-order valence-corrected chi connectivity index (χ2v) is 9.36. The molecule has 1 fully saturated rings. The van der Waals surface area contributed by atoms with Gasteiger partial charge in [-0.1, -0.05) is 30.9 Å². The molecule has 12 heteroatoms. The van der Waals surface area contributed by atoms with E-state index in [2.05, 4.69) is 9.44 Å². The topological polar surface area (TPSA) is 128 Å². The number of benzene rings is 1. The summed E-state index contributed by atoms with van der Waals surface area (Å²) >= 11 is 5.80. The highest BCUT2D eigenvalue weighted by molar-refractivity contribution is 7.89. The average Bonchev–Trinajstić information content (AvgIpc) is 2.55. The predicted molar refractivity (Wildman–Crippen MR) is 103 cm³/mol. The fourth-order valence-corrected chi connectivity index (χ4v) is 4.84. The molecular formula is C14H23Cl2N3O5S2. The largest absolute Gasteiger partial charge is 0.398 e. The van der Waals surface area contributed by atoms with Crippen molar-refractivity contribution in [1.82, 2.24) is 9.44 Å². The summed E-state index contributed by atoms with van der Waals surface area (Å²) in [7, 11) is -7.73. The highest BCUT2D eigenvalue weighted by atomic mass is 35.5. The lowest BCUT2D eigenvalue weighted by molar-refractivity contribution is 0.303. The first kappa shape index (κ1) is 23.4. The van der Waals surface area contributed by atoms with Crippen molar-refractivity contribution >= 4 is 50.0 Å². The lowest BCUT2D eigenvalue weighted by atomic mass is 9.96. The Balaban J connectivity index is 0.00000338. The van der Waals surface area contributed by atoms with Crippen LogP contribution in [0.5, 0.6) is 0 Å². The lowest BCUT2D eigenvalue weighted by Gasteiger charge is -2.22. The molecule has 0 bridgehead atoms. The Kier molecular flexibility index (Phi) is 9.07. The standard InChI is InChI=1S/C14H22ClN3O5S2.ClH/c15-13-10-12(6-7-14(13)16)24(19,20)17-8-9-23-25(21,22)18-11-4-2-1-3-5-11;/h6-7,10-11,17-18H,1-5,8-9,16H2;1H. The van der Waals surface area contributed by atoms with Crippen molar-refractivity contribution < 1.29 is 21.0 Å². The third-order valence-electron chi connectivity index (χ3n) is 3.83. The quantitative estimate of drug-likeness (QED) is 0.411. The Morgan fingerprint density at radius 3 is 2.42 bits per heavy atom. The second-order valence-electron chi connectivity index (χ2n) is 5.81. The smallest absolute Gasteiger partial charge is 0.336 e. The first-order valence-corrected chi connectivity index (χ1v) is 11.2. The van der Waals surface area contributed by atoms with Gasteiger partial charge >= 0.3 is 10.3 Å². The van der Waals surface area contributed by atoms with Crippen molar-refractivity contribution in [2.75, 3.05) is 18.9 Å². The van der Waals surface area contributed by atoms with Gasteiger partial charge in [-0.05, 0) is 31.0 Å². The van der Waals surface area contributed by atoms with Crippen LogP contribution in [0.15, 0.2) is 23.1 Å². The maximum atomic E-state index is 12.1. The second kappa shape index (κ2) is 10.1. The van der Waals surface area contributed by atoms with Crippen LogP contribution in [-0.4, -0.2) is 36.0 Å². The fourth-order valence-electron chi connectivity index (χ4n) is 2.54. The van der Waals surface area contributed by atoms with Crippen molar-refractivity contribution in [1.29, 1.82) is 0 Å². The van der Waals surface area contributed by atoms with Crippen LogP contribution in [0.1, 0.15) is 32.1 Å². The van der Waals surface area contributed by atoms with Crippen molar-refractivity contribution in [3.8, 4) is 0 Å². The molecular weight excluding hydrogens is 425 g/mol. The van der Waals surface area contributed by atoms with E-state index >= 15 is 0 Å². The lowest BCUT2D eigenvalue weighted by Crippen LogP contribution is -2.38. The molecule has 1 aromatic rings. The Morgan fingerprint density at radius 2 is 1.81 bits per heavy atom. The van der Waals surface area contributed by atoms with Gasteiger partial charge in [0.2, 0.25) is 10.0 Å². The molecule has 0 unspecified atom stereocenters. The SMILES string of the molecule is Cl.Nc1ccc(S(=O)(=O)NCCOS(=O)(=O)NC2CCCCC2)cc1Cl. The summed E-state index contributed by atoms with van der Waals surface area (Å²) in [6.07, 6.45) is 4.64. The number of halogens is 2. The Labute approximate surface area is 165 Å². The summed E-state index contributed by atoms with van der Waals surface area (Å²) in [4.78, 5) is -0.0603. The van der Waals surface area contributed by atoms with E-state index in [4.69, 9.17) is 21.5 Å². The zero-order valence-corrected chi connectivity index (χ0v) is 17.2. The van der Waals surface area contributed by atoms with E-state index in [1.807, 2.05) is 0 Å². The van der Waals surface area contributed by atoms with Gasteiger partial charge in [0.05, 0.1) is 22.2 Å². The number of nitrogens with two attached hydrogens (primary N) is 1. The number of hydrogen-bond acceptors (Lipinski definition) is 6. The molecule has 0 heterocycles. The number of hydrogen-bond donors (Lipinski definition) is 3. The molecule has 1 aliphatic carbocycles. The summed E-state index contributed by atoms with van der Waals surface area (Å²) in [5.74, 6) is 0. The van der Waals surface area contributed by atoms with E-state index < -0.39 is 20.3 Å². The monoisotopic (exact) mass is 447 g/mol. The zero-order chi connectivity index (χ0) is 18.5. The van der Waals surface area contributed by atoms with Crippen LogP contribution < -0.4 is 15.2 Å². The van der Waals surface area contributed by atoms with Gasteiger partial charge in [-0.3, -0.25) is 4.18 Å². The first-order chi connectivity index (χ1) is 11.7. The zero-order valence-electron chi connectivity index (χ0n) is 14.0. The molecule has 0 saturated heterocycles. The van der Waals surface area contributed by atoms with Crippen LogP contribution in [0.3, 0.4) is 0 Å². The number of sulfonamides is 1. The Morgan fingerprint density at radius 1 is 1.15 bits per heavy atom. The molecule has 4 N–H and O–H groups in total. The van der Waals surface area contributed by atoms with Gasteiger partial charge in [0.25, 0.3) is 0 Å². The van der Waals surface area contributed by atoms with Crippen LogP contribution in [0, 0.1) is 0 Å². The maximum absolute atomic E-state index is 12.1. The molecule has 0 radical (unpaired) electrons. The van der Waals surface area contributed by atoms with Gasteiger partial charge in [-0.25, -0.2) is 13.1 Å². The normalized spacial score (nSPS) is 16.2. The molecule has 1 aliphatic rings. The molecule has 0 aliphatic heterocycles. The van der Waals surface area contributed by atoms with Crippen LogP contribution in [0.4, 0.5) is 5.69 Å². The van der Waals surface area contributed by atoms with Crippen molar-refractivity contribution in [2.24, 2.45) is 0 Å². The van der Waals surface area contributed by atoms with Gasteiger partial charge in [0.1, 0.15) is 0 Å². The third kappa shape index (κ3) is 7.18. The van der Waals surface area contributed by atoms with E-state index in [9.17, 15) is 16.8 Å². The molecule has 26 heavy (non-hydrogen) atoms. The van der Waals surface area contributed by atoms with Gasteiger partial charge in [-0.2, -0.15) is 13.1 Å². The minimum Gasteiger partial charge on any atom is -0.398 e. The van der Waals surface area contributed by atoms with E-state index in [1.54, 1.807) is 0 Å². The molecule has 1 saturated carbocycles. The highest BCUT2D eigenvalue weighted by Crippen LogP contribution is 2.22. The van der Waals surface area contributed by atoms with Crippen molar-refractivity contribution in [3.63, 3.8) is 0 Å². The number of anilines is 1. The Hall–Kier alpha value is -0.620. The van der Waals surface area contributed by atoms with E-state index in [0.717, 1.165) is 32.1 Å². The van der Waals surface area contributed by atoms with Gasteiger partial charge < -0.3 is 5.73 Å². The van der Waals surface area contributed by atoms with Gasteiger partial charge in [0, 0.05) is 12.6 Å². The number of nitrogen functional groups attached to an aromatic ring is 1. The summed E-state index contributed by atoms with van der Waals surface area (Å²) < 4.78 is 57.4. The minimum absolute atomic E-state index is 0. The van der Waals surface area contributed by atoms with Crippen LogP contribution >= 0.6 is 24.0 Å². The molecule has 2 rings (SSSR count). The predicted octanol–water partition coefficient (Wildman–Crippen LogP) is 1.81. The van der Waals surface area contributed by atoms with Gasteiger partial charge in [-0.15, -0.1) is 12.4 Å². The molecule has 0 aromatic heterocycles. The molecule has 0 spiro atoms. The third-order valence-corrected chi connectivity index (χ3v) is 6.72. The summed E-state index contributed by atoms with van der Waals surface area (Å²) in [5, 5.41) is 0.124. The number of rotatable bonds is 8.